The molecule has 27 heavy (non-hydrogen) atoms. The van der Waals surface area contributed by atoms with Crippen LogP contribution in [0.4, 0.5) is 17.2 Å². The highest BCUT2D eigenvalue weighted by atomic mass is 16.2. The first-order valence-electron chi connectivity index (χ1n) is 8.46. The molecule has 0 saturated heterocycles. The van der Waals surface area contributed by atoms with Crippen molar-refractivity contribution in [2.45, 2.75) is 13.3 Å². The van der Waals surface area contributed by atoms with E-state index in [2.05, 4.69) is 26.6 Å². The van der Waals surface area contributed by atoms with Gasteiger partial charge in [0, 0.05) is 17.1 Å². The molecule has 8 heteroatoms. The number of anilines is 3. The number of rotatable bonds is 3. The van der Waals surface area contributed by atoms with Crippen molar-refractivity contribution >= 4 is 34.0 Å². The fraction of sp³-hybridized carbons (Fsp3) is 0.211. The van der Waals surface area contributed by atoms with Crippen LogP contribution < -0.4 is 16.8 Å². The van der Waals surface area contributed by atoms with Crippen LogP contribution in [0.15, 0.2) is 30.6 Å². The number of benzene rings is 1. The zero-order valence-corrected chi connectivity index (χ0v) is 14.6. The molecule has 5 N–H and O–H groups in total. The maximum absolute atomic E-state index is 12.1. The summed E-state index contributed by atoms with van der Waals surface area (Å²) in [6.45, 7) is 1.92. The molecule has 1 fully saturated rings. The van der Waals surface area contributed by atoms with Crippen LogP contribution in [0, 0.1) is 30.1 Å². The molecule has 3 aromatic rings. The quantitative estimate of drug-likeness (QED) is 0.608. The van der Waals surface area contributed by atoms with Crippen LogP contribution in [0.25, 0.3) is 22.0 Å². The molecule has 1 aliphatic carbocycles. The Bertz CT molecular complexity index is 1120. The van der Waals surface area contributed by atoms with E-state index in [9.17, 15) is 4.79 Å². The summed E-state index contributed by atoms with van der Waals surface area (Å²) < 4.78 is 0. The minimum Gasteiger partial charge on any atom is -0.397 e. The number of nitrogen functional groups attached to an aromatic ring is 2. The lowest BCUT2D eigenvalue weighted by molar-refractivity contribution is -0.117. The molecule has 134 valence electrons. The van der Waals surface area contributed by atoms with E-state index < -0.39 is 0 Å². The van der Waals surface area contributed by atoms with E-state index in [4.69, 9.17) is 16.7 Å². The molecule has 0 aliphatic heterocycles. The summed E-state index contributed by atoms with van der Waals surface area (Å²) in [5.74, 6) is -0.366. The average molecular weight is 359 g/mol. The number of nitrogens with two attached hydrogens (primary N) is 2. The predicted octanol–water partition coefficient (Wildman–Crippen LogP) is 2.26. The SMILES string of the molecule is Cc1c(N)cncc1-c1cc(N)c2nnc(NC(=O)C3CC3C#N)cc2c1. The molecule has 2 aromatic heterocycles. The molecule has 1 amide bonds. The van der Waals surface area contributed by atoms with Crippen molar-refractivity contribution in [1.82, 2.24) is 15.2 Å². The number of nitrogens with zero attached hydrogens (tertiary/aromatic N) is 4. The molecule has 0 spiro atoms. The van der Waals surface area contributed by atoms with Gasteiger partial charge in [0.25, 0.3) is 0 Å². The zero-order chi connectivity index (χ0) is 19.1. The number of hydrogen-bond acceptors (Lipinski definition) is 7. The minimum absolute atomic E-state index is 0.209. The van der Waals surface area contributed by atoms with Crippen LogP contribution in [0.2, 0.25) is 0 Å². The molecule has 0 radical (unpaired) electrons. The fourth-order valence-corrected chi connectivity index (χ4v) is 3.08. The Balaban J connectivity index is 1.71. The molecular formula is C19H17N7O. The highest BCUT2D eigenvalue weighted by Gasteiger charge is 2.43. The Labute approximate surface area is 155 Å². The van der Waals surface area contributed by atoms with E-state index in [0.717, 1.165) is 22.1 Å². The molecule has 1 aliphatic rings. The van der Waals surface area contributed by atoms with Gasteiger partial charge in [-0.15, -0.1) is 10.2 Å². The second kappa shape index (κ2) is 6.21. The summed E-state index contributed by atoms with van der Waals surface area (Å²) in [7, 11) is 0. The summed E-state index contributed by atoms with van der Waals surface area (Å²) in [5.41, 5.74) is 16.4. The van der Waals surface area contributed by atoms with Gasteiger partial charge in [0.2, 0.25) is 5.91 Å². The molecule has 0 bridgehead atoms. The van der Waals surface area contributed by atoms with E-state index in [1.807, 2.05) is 13.0 Å². The number of nitriles is 1. The standard InChI is InChI=1S/C19H17N7O/c1-9-14(7-23-8-16(9)22)10-2-11-5-17(25-26-18(11)15(21)4-10)24-19(27)13-3-12(13)6-20/h2,4-5,7-8,12-13H,3,21-22H2,1H3,(H,24,25,27). The number of fused-ring (bicyclic) bond motifs is 1. The molecule has 1 aromatic carbocycles. The van der Waals surface area contributed by atoms with Gasteiger partial charge >= 0.3 is 0 Å². The first-order chi connectivity index (χ1) is 13.0. The van der Waals surface area contributed by atoms with Crippen LogP contribution in [0.1, 0.15) is 12.0 Å². The Hall–Kier alpha value is -3.73. The van der Waals surface area contributed by atoms with Gasteiger partial charge in [-0.2, -0.15) is 5.26 Å². The summed E-state index contributed by atoms with van der Waals surface area (Å²) in [5, 5.41) is 20.5. The van der Waals surface area contributed by atoms with Crippen LogP contribution >= 0.6 is 0 Å². The van der Waals surface area contributed by atoms with Crippen molar-refractivity contribution in [3.63, 3.8) is 0 Å². The number of aromatic nitrogens is 3. The topological polar surface area (TPSA) is 144 Å². The summed E-state index contributed by atoms with van der Waals surface area (Å²) in [6.07, 6.45) is 3.93. The van der Waals surface area contributed by atoms with Gasteiger partial charge < -0.3 is 16.8 Å². The van der Waals surface area contributed by atoms with Gasteiger partial charge in [-0.05, 0) is 42.7 Å². The van der Waals surface area contributed by atoms with Crippen molar-refractivity contribution in [3.8, 4) is 17.2 Å². The van der Waals surface area contributed by atoms with Crippen molar-refractivity contribution in [2.24, 2.45) is 11.8 Å². The number of hydrogen-bond donors (Lipinski definition) is 3. The first kappa shape index (κ1) is 16.7. The van der Waals surface area contributed by atoms with Crippen molar-refractivity contribution in [3.05, 3.63) is 36.2 Å². The van der Waals surface area contributed by atoms with Crippen molar-refractivity contribution in [2.75, 3.05) is 16.8 Å². The van der Waals surface area contributed by atoms with Gasteiger partial charge in [-0.25, -0.2) is 0 Å². The summed E-state index contributed by atoms with van der Waals surface area (Å²) in [6, 6.07) is 7.54. The third-order valence-electron chi connectivity index (χ3n) is 4.83. The molecular weight excluding hydrogens is 342 g/mol. The summed E-state index contributed by atoms with van der Waals surface area (Å²) in [4.78, 5) is 16.3. The predicted molar refractivity (Wildman–Crippen MR) is 102 cm³/mol. The van der Waals surface area contributed by atoms with Gasteiger partial charge in [0.05, 0.1) is 35.5 Å². The Morgan fingerprint density at radius 1 is 1.22 bits per heavy atom. The van der Waals surface area contributed by atoms with Gasteiger partial charge in [-0.3, -0.25) is 9.78 Å². The molecule has 2 unspecified atom stereocenters. The average Bonchev–Trinajstić information content (AvgIpc) is 3.44. The number of carbonyl (C=O) groups is 1. The van der Waals surface area contributed by atoms with Gasteiger partial charge in [-0.1, -0.05) is 0 Å². The Morgan fingerprint density at radius 3 is 2.78 bits per heavy atom. The molecule has 4 rings (SSSR count). The summed E-state index contributed by atoms with van der Waals surface area (Å²) >= 11 is 0. The highest BCUT2D eigenvalue weighted by molar-refractivity contribution is 5.98. The lowest BCUT2D eigenvalue weighted by Gasteiger charge is -2.11. The van der Waals surface area contributed by atoms with Crippen LogP contribution in [-0.4, -0.2) is 21.1 Å². The van der Waals surface area contributed by atoms with Gasteiger partial charge in [0.1, 0.15) is 5.52 Å². The van der Waals surface area contributed by atoms with Crippen LogP contribution in [0.3, 0.4) is 0 Å². The van der Waals surface area contributed by atoms with E-state index >= 15 is 0 Å². The highest BCUT2D eigenvalue weighted by Crippen LogP contribution is 2.38. The van der Waals surface area contributed by atoms with Crippen LogP contribution in [-0.2, 0) is 4.79 Å². The van der Waals surface area contributed by atoms with Crippen molar-refractivity contribution < 1.29 is 4.79 Å². The Kier molecular flexibility index (Phi) is 3.85. The maximum atomic E-state index is 12.1. The van der Waals surface area contributed by atoms with E-state index in [1.54, 1.807) is 24.5 Å². The van der Waals surface area contributed by atoms with E-state index in [0.29, 0.717) is 29.1 Å². The smallest absolute Gasteiger partial charge is 0.230 e. The lowest BCUT2D eigenvalue weighted by Crippen LogP contribution is -2.16. The molecule has 1 saturated carbocycles. The second-order valence-electron chi connectivity index (χ2n) is 6.70. The third kappa shape index (κ3) is 3.00. The largest absolute Gasteiger partial charge is 0.397 e. The third-order valence-corrected chi connectivity index (χ3v) is 4.83. The number of nitrogens with one attached hydrogen (secondary N) is 1. The van der Waals surface area contributed by atoms with Crippen LogP contribution in [0.5, 0.6) is 0 Å². The van der Waals surface area contributed by atoms with Gasteiger partial charge in [0.15, 0.2) is 5.82 Å². The molecule has 2 atom stereocenters. The normalized spacial score (nSPS) is 18.1. The Morgan fingerprint density at radius 2 is 2.04 bits per heavy atom. The number of carbonyl (C=O) groups excluding carboxylic acids is 1. The lowest BCUT2D eigenvalue weighted by atomic mass is 9.99. The molecule has 2 heterocycles. The minimum atomic E-state index is -0.273. The molecule has 8 nitrogen and oxygen atoms in total. The fourth-order valence-electron chi connectivity index (χ4n) is 3.08. The number of amides is 1. The number of pyridine rings is 1. The second-order valence-corrected chi connectivity index (χ2v) is 6.70. The monoisotopic (exact) mass is 359 g/mol. The zero-order valence-electron chi connectivity index (χ0n) is 14.6. The van der Waals surface area contributed by atoms with Crippen molar-refractivity contribution in [1.29, 1.82) is 5.26 Å². The van der Waals surface area contributed by atoms with E-state index in [-0.39, 0.29) is 17.7 Å². The van der Waals surface area contributed by atoms with E-state index in [1.165, 1.54) is 0 Å². The maximum Gasteiger partial charge on any atom is 0.230 e. The first-order valence-corrected chi connectivity index (χ1v) is 8.46.